The largest absolute Gasteiger partial charge is 4.00 e. The molecule has 2 heteroatoms. The predicted octanol–water partition coefficient (Wildman–Crippen LogP) is 11.3. The summed E-state index contributed by atoms with van der Waals surface area (Å²) in [4.78, 5) is 0. The van der Waals surface area contributed by atoms with Crippen molar-refractivity contribution in [2.75, 3.05) is 0 Å². The molecule has 0 aliphatic rings. The van der Waals surface area contributed by atoms with E-state index in [0.29, 0.717) is 11.8 Å². The molecule has 0 saturated carbocycles. The molecular weight excluding hydrogens is 807 g/mol. The third-order valence-corrected chi connectivity index (χ3v) is 15.3. The number of hydrogen-bond donors (Lipinski definition) is 0. The first-order valence-corrected chi connectivity index (χ1v) is 19.6. The Balaban J connectivity index is 0.00000174. The third kappa shape index (κ3) is 6.80. The number of benzene rings is 6. The maximum Gasteiger partial charge on any atom is 4.00 e. The molecule has 0 atom stereocenters. The molecular formula is C50H48HfSi. The molecule has 52 heavy (non-hydrogen) atoms. The van der Waals surface area contributed by atoms with Gasteiger partial charge >= 0.3 is 25.8 Å². The van der Waals surface area contributed by atoms with Crippen LogP contribution in [0.25, 0.3) is 43.8 Å². The van der Waals surface area contributed by atoms with Crippen molar-refractivity contribution in [1.29, 1.82) is 0 Å². The summed E-state index contributed by atoms with van der Waals surface area (Å²) in [6, 6.07) is 64.6. The molecule has 0 spiro atoms. The van der Waals surface area contributed by atoms with Crippen LogP contribution in [-0.4, -0.2) is 8.07 Å². The monoisotopic (exact) mass is 856 g/mol. The molecule has 0 aromatic heterocycles. The van der Waals surface area contributed by atoms with Crippen LogP contribution in [0.15, 0.2) is 170 Å². The van der Waals surface area contributed by atoms with Gasteiger partial charge in [-0.25, -0.2) is 0 Å². The van der Waals surface area contributed by atoms with Gasteiger partial charge < -0.3 is 14.9 Å². The summed E-state index contributed by atoms with van der Waals surface area (Å²) in [5.74, 6) is 1.03. The van der Waals surface area contributed by atoms with Gasteiger partial charge in [0.25, 0.3) is 0 Å². The van der Waals surface area contributed by atoms with Gasteiger partial charge in [-0.1, -0.05) is 160 Å². The van der Waals surface area contributed by atoms with E-state index in [9.17, 15) is 0 Å². The van der Waals surface area contributed by atoms with Gasteiger partial charge in [0.15, 0.2) is 0 Å². The second kappa shape index (κ2) is 16.1. The summed E-state index contributed by atoms with van der Waals surface area (Å²) in [6.45, 7) is 9.04. The van der Waals surface area contributed by atoms with Gasteiger partial charge in [-0.3, -0.25) is 0 Å². The summed E-state index contributed by atoms with van der Waals surface area (Å²) < 4.78 is 0. The Labute approximate surface area is 331 Å². The van der Waals surface area contributed by atoms with Crippen LogP contribution in [0, 0.1) is 14.9 Å². The smallest absolute Gasteiger partial charge is 0.358 e. The Hall–Kier alpha value is -4.37. The van der Waals surface area contributed by atoms with Crippen LogP contribution in [0.4, 0.5) is 0 Å². The van der Waals surface area contributed by atoms with Crippen molar-refractivity contribution in [2.24, 2.45) is 0 Å². The van der Waals surface area contributed by atoms with E-state index in [2.05, 4.69) is 198 Å². The first-order chi connectivity index (χ1) is 23.9. The molecule has 0 nitrogen and oxygen atoms in total. The van der Waals surface area contributed by atoms with Crippen LogP contribution in [0.5, 0.6) is 0 Å². The summed E-state index contributed by atoms with van der Waals surface area (Å²) in [7, 11) is -2.76. The van der Waals surface area contributed by atoms with Gasteiger partial charge in [0.1, 0.15) is 8.07 Å². The summed E-state index contributed by atoms with van der Waals surface area (Å²) in [6.07, 6.45) is 0. The van der Waals surface area contributed by atoms with Gasteiger partial charge in [-0.2, -0.15) is 12.1 Å². The molecule has 0 amide bonds. The SMILES string of the molecule is CC(C)c1ccc(-c2cccc3[cH-]c([Si](c4ccccc4)(c4ccccc4)c4cc5c(-c6ccc(C(C)C)cc6)cccc5[cH-]4)cc23)cc1.[CH3-].[CH3-].[Hf+4]. The van der Waals surface area contributed by atoms with Gasteiger partial charge in [-0.15, -0.1) is 68.3 Å². The quantitative estimate of drug-likeness (QED) is 0.106. The molecule has 0 saturated heterocycles. The molecule has 0 bridgehead atoms. The van der Waals surface area contributed by atoms with Crippen molar-refractivity contribution < 1.29 is 25.8 Å². The molecule has 0 N–H and O–H groups in total. The fourth-order valence-electron chi connectivity index (χ4n) is 7.88. The zero-order valence-electron chi connectivity index (χ0n) is 31.3. The number of hydrogen-bond acceptors (Lipinski definition) is 0. The van der Waals surface area contributed by atoms with Crippen LogP contribution in [0.1, 0.15) is 50.7 Å². The minimum Gasteiger partial charge on any atom is -0.358 e. The zero-order chi connectivity index (χ0) is 33.5. The summed E-state index contributed by atoms with van der Waals surface area (Å²) >= 11 is 0. The van der Waals surface area contributed by atoms with E-state index in [1.807, 2.05) is 0 Å². The molecule has 0 unspecified atom stereocenters. The summed E-state index contributed by atoms with van der Waals surface area (Å²) in [5, 5.41) is 10.9. The molecule has 0 aliphatic heterocycles. The van der Waals surface area contributed by atoms with Crippen molar-refractivity contribution in [2.45, 2.75) is 39.5 Å². The number of fused-ring (bicyclic) bond motifs is 2. The van der Waals surface area contributed by atoms with E-state index in [0.717, 1.165) is 0 Å². The van der Waals surface area contributed by atoms with Crippen molar-refractivity contribution >= 4 is 50.4 Å². The van der Waals surface area contributed by atoms with Gasteiger partial charge in [0.2, 0.25) is 0 Å². The summed E-state index contributed by atoms with van der Waals surface area (Å²) in [5.41, 5.74) is 7.87. The van der Waals surface area contributed by atoms with Crippen molar-refractivity contribution in [1.82, 2.24) is 0 Å². The second-order valence-corrected chi connectivity index (χ2v) is 17.9. The Morgan fingerprint density at radius 1 is 0.423 bits per heavy atom. The standard InChI is InChI=1S/C48H42Si.2CH3.Hf/c1-33(2)35-21-25-37(26-22-35)45-19-11-13-39-29-43(31-47(39)45)49(41-15-7-5-8-16-41,42-17-9-6-10-18-42)44-30-40-14-12-20-46(48(40)32-44)38-27-23-36(24-28-38)34(3)4;;;/h5-34H,1-4H3;2*1H3;/q-2;2*-1;+4. The van der Waals surface area contributed by atoms with Crippen molar-refractivity contribution in [3.63, 3.8) is 0 Å². The van der Waals surface area contributed by atoms with Crippen LogP contribution in [-0.2, 0) is 25.8 Å². The van der Waals surface area contributed by atoms with Crippen LogP contribution in [0.2, 0.25) is 0 Å². The Kier molecular flexibility index (Phi) is 12.0. The molecule has 0 fully saturated rings. The minimum atomic E-state index is -2.76. The number of rotatable bonds is 8. The van der Waals surface area contributed by atoms with Crippen LogP contribution in [0.3, 0.4) is 0 Å². The van der Waals surface area contributed by atoms with Crippen LogP contribution >= 0.6 is 0 Å². The maximum absolute atomic E-state index is 2.76. The second-order valence-electron chi connectivity index (χ2n) is 14.1. The van der Waals surface area contributed by atoms with Crippen molar-refractivity contribution in [3.8, 4) is 22.3 Å². The fourth-order valence-corrected chi connectivity index (χ4v) is 12.7. The molecule has 0 radical (unpaired) electrons. The van der Waals surface area contributed by atoms with Gasteiger partial charge in [0.05, 0.1) is 0 Å². The predicted molar refractivity (Wildman–Crippen MR) is 228 cm³/mol. The average Bonchev–Trinajstić information content (AvgIpc) is 3.78. The van der Waals surface area contributed by atoms with E-state index < -0.39 is 8.07 Å². The molecule has 0 aliphatic carbocycles. The van der Waals surface area contributed by atoms with Crippen molar-refractivity contribution in [3.05, 3.63) is 196 Å². The Morgan fingerprint density at radius 2 is 0.788 bits per heavy atom. The van der Waals surface area contributed by atoms with Crippen LogP contribution < -0.4 is 20.7 Å². The molecule has 8 aromatic rings. The van der Waals surface area contributed by atoms with Gasteiger partial charge in [0, 0.05) is 0 Å². The molecule has 8 aromatic carbocycles. The zero-order valence-corrected chi connectivity index (χ0v) is 35.9. The minimum absolute atomic E-state index is 0. The van der Waals surface area contributed by atoms with E-state index in [1.54, 1.807) is 0 Å². The third-order valence-electron chi connectivity index (χ3n) is 10.6. The van der Waals surface area contributed by atoms with E-state index in [-0.39, 0.29) is 40.7 Å². The molecule has 0 heterocycles. The van der Waals surface area contributed by atoms with E-state index in [4.69, 9.17) is 0 Å². The average molecular weight is 856 g/mol. The Bertz CT molecular complexity index is 2190. The first kappa shape index (κ1) is 38.8. The van der Waals surface area contributed by atoms with E-state index in [1.165, 1.54) is 75.7 Å². The topological polar surface area (TPSA) is 0 Å². The maximum atomic E-state index is 2.52. The molecule has 8 rings (SSSR count). The molecule has 256 valence electrons. The van der Waals surface area contributed by atoms with E-state index >= 15 is 0 Å². The normalized spacial score (nSPS) is 11.3. The fraction of sp³-hybridized carbons (Fsp3) is 0.120. The Morgan fingerprint density at radius 3 is 1.13 bits per heavy atom. The van der Waals surface area contributed by atoms with Gasteiger partial charge in [-0.05, 0) is 44.5 Å². The first-order valence-electron chi connectivity index (χ1n) is 17.6.